The van der Waals surface area contributed by atoms with Gasteiger partial charge in [-0.05, 0) is 25.1 Å². The van der Waals surface area contributed by atoms with E-state index in [1.807, 2.05) is 7.05 Å². The summed E-state index contributed by atoms with van der Waals surface area (Å²) in [5.74, 6) is 0. The standard InChI is InChI=1S/C11H27NSi/c1-10(2)13(11(3,4)5)9-7-8-12-6/h10,12-13H,7-9H2,1-6H3. The molecule has 0 amide bonds. The van der Waals surface area contributed by atoms with Crippen LogP contribution in [0.25, 0.3) is 0 Å². The first-order chi connectivity index (χ1) is 5.89. The van der Waals surface area contributed by atoms with E-state index in [2.05, 4.69) is 39.9 Å². The van der Waals surface area contributed by atoms with E-state index in [1.165, 1.54) is 19.0 Å². The molecule has 0 saturated heterocycles. The Hall–Kier alpha value is 0.177. The fraction of sp³-hybridized carbons (Fsp3) is 1.00. The van der Waals surface area contributed by atoms with Gasteiger partial charge in [-0.1, -0.05) is 46.2 Å². The predicted octanol–water partition coefficient (Wildman–Crippen LogP) is 3.03. The smallest absolute Gasteiger partial charge is 0.0448 e. The Labute approximate surface area is 85.9 Å². The van der Waals surface area contributed by atoms with Crippen molar-refractivity contribution in [1.82, 2.24) is 5.32 Å². The van der Waals surface area contributed by atoms with E-state index < -0.39 is 8.80 Å². The summed E-state index contributed by atoms with van der Waals surface area (Å²) in [7, 11) is 1.48. The lowest BCUT2D eigenvalue weighted by Crippen LogP contribution is -2.29. The quantitative estimate of drug-likeness (QED) is 0.532. The molecule has 0 fully saturated rings. The van der Waals surface area contributed by atoms with Crippen LogP contribution in [0.15, 0.2) is 0 Å². The van der Waals surface area contributed by atoms with Gasteiger partial charge in [0.25, 0.3) is 0 Å². The number of hydrogen-bond donors (Lipinski definition) is 1. The molecule has 0 aromatic carbocycles. The average molecular weight is 201 g/mol. The second-order valence-electron chi connectivity index (χ2n) is 5.46. The van der Waals surface area contributed by atoms with Gasteiger partial charge in [-0.3, -0.25) is 0 Å². The van der Waals surface area contributed by atoms with Gasteiger partial charge < -0.3 is 5.32 Å². The molecular formula is C11H27NSi. The molecule has 0 aliphatic carbocycles. The molecule has 13 heavy (non-hydrogen) atoms. The van der Waals surface area contributed by atoms with Crippen molar-refractivity contribution < 1.29 is 0 Å². The summed E-state index contributed by atoms with van der Waals surface area (Å²) < 4.78 is 0. The van der Waals surface area contributed by atoms with E-state index in [4.69, 9.17) is 0 Å². The van der Waals surface area contributed by atoms with Crippen molar-refractivity contribution >= 4 is 8.80 Å². The highest BCUT2D eigenvalue weighted by molar-refractivity contribution is 6.63. The van der Waals surface area contributed by atoms with Gasteiger partial charge in [0.2, 0.25) is 0 Å². The highest BCUT2D eigenvalue weighted by Gasteiger charge is 2.27. The fourth-order valence-corrected chi connectivity index (χ4v) is 6.44. The van der Waals surface area contributed by atoms with Crippen molar-refractivity contribution in [3.05, 3.63) is 0 Å². The molecule has 0 aromatic heterocycles. The zero-order valence-electron chi connectivity index (χ0n) is 10.3. The largest absolute Gasteiger partial charge is 0.320 e. The molecule has 0 bridgehead atoms. The van der Waals surface area contributed by atoms with E-state index in [0.717, 1.165) is 5.54 Å². The highest BCUT2D eigenvalue weighted by Crippen LogP contribution is 2.36. The van der Waals surface area contributed by atoms with Gasteiger partial charge in [0.05, 0.1) is 0 Å². The topological polar surface area (TPSA) is 12.0 Å². The van der Waals surface area contributed by atoms with E-state index in [1.54, 1.807) is 0 Å². The number of rotatable bonds is 5. The van der Waals surface area contributed by atoms with Crippen molar-refractivity contribution in [2.24, 2.45) is 0 Å². The van der Waals surface area contributed by atoms with Gasteiger partial charge in [-0.2, -0.15) is 0 Å². The van der Waals surface area contributed by atoms with Gasteiger partial charge in [0, 0.05) is 8.80 Å². The van der Waals surface area contributed by atoms with Crippen LogP contribution in [-0.2, 0) is 0 Å². The molecule has 80 valence electrons. The summed E-state index contributed by atoms with van der Waals surface area (Å²) in [6, 6.07) is 1.49. The number of hydrogen-bond acceptors (Lipinski definition) is 1. The molecule has 0 aliphatic heterocycles. The monoisotopic (exact) mass is 201 g/mol. The fourth-order valence-electron chi connectivity index (χ4n) is 2.27. The molecule has 0 spiro atoms. The van der Waals surface area contributed by atoms with E-state index >= 15 is 0 Å². The Morgan fingerprint density at radius 3 is 2.08 bits per heavy atom. The van der Waals surface area contributed by atoms with Gasteiger partial charge in [-0.15, -0.1) is 0 Å². The Balaban J connectivity index is 3.97. The van der Waals surface area contributed by atoms with Crippen molar-refractivity contribution in [1.29, 1.82) is 0 Å². The van der Waals surface area contributed by atoms with Crippen molar-refractivity contribution in [2.75, 3.05) is 13.6 Å². The maximum absolute atomic E-state index is 3.24. The van der Waals surface area contributed by atoms with Crippen molar-refractivity contribution in [3.8, 4) is 0 Å². The average Bonchev–Trinajstić information content (AvgIpc) is 1.94. The first-order valence-electron chi connectivity index (χ1n) is 5.54. The van der Waals surface area contributed by atoms with Gasteiger partial charge in [-0.25, -0.2) is 0 Å². The summed E-state index contributed by atoms with van der Waals surface area (Å²) in [5.41, 5.74) is 0.942. The zero-order valence-corrected chi connectivity index (χ0v) is 11.4. The Morgan fingerprint density at radius 2 is 1.77 bits per heavy atom. The van der Waals surface area contributed by atoms with Crippen LogP contribution in [0.2, 0.25) is 16.6 Å². The van der Waals surface area contributed by atoms with Crippen LogP contribution in [0, 0.1) is 0 Å². The van der Waals surface area contributed by atoms with E-state index in [-0.39, 0.29) is 0 Å². The van der Waals surface area contributed by atoms with Crippen LogP contribution in [0.5, 0.6) is 0 Å². The van der Waals surface area contributed by atoms with Crippen LogP contribution < -0.4 is 5.32 Å². The lowest BCUT2D eigenvalue weighted by molar-refractivity contribution is 0.688. The third kappa shape index (κ3) is 5.48. The summed E-state index contributed by atoms with van der Waals surface area (Å²) in [4.78, 5) is 0. The maximum Gasteiger partial charge on any atom is 0.0448 e. The van der Waals surface area contributed by atoms with Gasteiger partial charge >= 0.3 is 0 Å². The third-order valence-electron chi connectivity index (χ3n) is 2.86. The molecule has 1 N–H and O–H groups in total. The predicted molar refractivity (Wildman–Crippen MR) is 65.3 cm³/mol. The molecule has 1 atom stereocenters. The van der Waals surface area contributed by atoms with Gasteiger partial charge in [0.1, 0.15) is 0 Å². The van der Waals surface area contributed by atoms with Crippen LogP contribution in [0.3, 0.4) is 0 Å². The molecule has 2 heteroatoms. The third-order valence-corrected chi connectivity index (χ3v) is 7.72. The van der Waals surface area contributed by atoms with Crippen LogP contribution in [0.1, 0.15) is 41.0 Å². The minimum Gasteiger partial charge on any atom is -0.320 e. The second kappa shape index (κ2) is 5.81. The molecule has 0 saturated carbocycles. The Morgan fingerprint density at radius 1 is 1.23 bits per heavy atom. The summed E-state index contributed by atoms with van der Waals surface area (Å²) in [6.45, 7) is 13.3. The van der Waals surface area contributed by atoms with Crippen LogP contribution in [0.4, 0.5) is 0 Å². The molecule has 0 heterocycles. The van der Waals surface area contributed by atoms with Crippen molar-refractivity contribution in [3.63, 3.8) is 0 Å². The molecule has 1 nitrogen and oxygen atoms in total. The van der Waals surface area contributed by atoms with E-state index in [0.29, 0.717) is 5.04 Å². The SMILES string of the molecule is CNCCC[SiH](C(C)C)C(C)(C)C. The van der Waals surface area contributed by atoms with Crippen molar-refractivity contribution in [2.45, 2.75) is 57.7 Å². The molecule has 0 radical (unpaired) electrons. The molecule has 0 aromatic rings. The first kappa shape index (κ1) is 13.2. The molecule has 1 unspecified atom stereocenters. The minimum absolute atomic E-state index is 0.567. The normalized spacial score (nSPS) is 15.0. The molecule has 0 aliphatic rings. The summed E-state index contributed by atoms with van der Waals surface area (Å²) in [6.07, 6.45) is 1.36. The Kier molecular flexibility index (Phi) is 5.89. The summed E-state index contributed by atoms with van der Waals surface area (Å²) in [5, 5.41) is 3.83. The van der Waals surface area contributed by atoms with Crippen LogP contribution in [-0.4, -0.2) is 22.4 Å². The molecule has 0 rings (SSSR count). The van der Waals surface area contributed by atoms with E-state index in [9.17, 15) is 0 Å². The number of nitrogens with one attached hydrogen (secondary N) is 1. The lowest BCUT2D eigenvalue weighted by atomic mass is 10.2. The second-order valence-corrected chi connectivity index (χ2v) is 10.3. The lowest BCUT2D eigenvalue weighted by Gasteiger charge is -2.32. The van der Waals surface area contributed by atoms with Crippen LogP contribution >= 0.6 is 0 Å². The summed E-state index contributed by atoms with van der Waals surface area (Å²) >= 11 is 0. The van der Waals surface area contributed by atoms with Gasteiger partial charge in [0.15, 0.2) is 0 Å². The zero-order chi connectivity index (χ0) is 10.5. The molecular weight excluding hydrogens is 174 g/mol. The highest BCUT2D eigenvalue weighted by atomic mass is 28.3. The maximum atomic E-state index is 3.24. The minimum atomic E-state index is -0.567. The first-order valence-corrected chi connectivity index (χ1v) is 7.60. The Bertz CT molecular complexity index is 127.